The monoisotopic (exact) mass is 478 g/mol. The molecule has 0 atom stereocenters. The van der Waals surface area contributed by atoms with Gasteiger partial charge in [-0.05, 0) is 49.3 Å². The Labute approximate surface area is 197 Å². The largest absolute Gasteiger partial charge is 0.365 e. The second-order valence-corrected chi connectivity index (χ2v) is 10.2. The van der Waals surface area contributed by atoms with Crippen LogP contribution in [-0.4, -0.2) is 21.4 Å². The molecule has 1 aliphatic rings. The summed E-state index contributed by atoms with van der Waals surface area (Å²) in [6.45, 7) is 2.17. The number of thiophene rings is 2. The standard InChI is InChI=1S/C24H22N4O3S2/c1-13-17-22(26-12-28(24(17)31)11-14-7-3-2-4-8-14)33-19(13)21(30)27-23-18(20(25)29)15-9-5-6-10-16(15)32-23/h2-4,7-8,12H,5-6,9-11H2,1H3,(H2,25,29)(H,27,30). The smallest absolute Gasteiger partial charge is 0.266 e. The van der Waals surface area contributed by atoms with Crippen LogP contribution in [0.15, 0.2) is 41.5 Å². The van der Waals surface area contributed by atoms with Gasteiger partial charge in [-0.15, -0.1) is 22.7 Å². The number of benzene rings is 1. The van der Waals surface area contributed by atoms with Crippen LogP contribution in [0.5, 0.6) is 0 Å². The molecule has 3 N–H and O–H groups in total. The number of carbonyl (C=O) groups excluding carboxylic acids is 2. The molecular weight excluding hydrogens is 456 g/mol. The van der Waals surface area contributed by atoms with Crippen molar-refractivity contribution in [3.05, 3.63) is 79.0 Å². The number of fused-ring (bicyclic) bond motifs is 2. The molecule has 168 valence electrons. The van der Waals surface area contributed by atoms with Crippen LogP contribution in [0.2, 0.25) is 0 Å². The second-order valence-electron chi connectivity index (χ2n) is 8.13. The number of carbonyl (C=O) groups is 2. The highest BCUT2D eigenvalue weighted by molar-refractivity contribution is 7.21. The molecule has 0 unspecified atom stereocenters. The quantitative estimate of drug-likeness (QED) is 0.450. The first-order valence-electron chi connectivity index (χ1n) is 10.7. The number of aryl methyl sites for hydroxylation is 2. The van der Waals surface area contributed by atoms with E-state index in [1.807, 2.05) is 30.3 Å². The van der Waals surface area contributed by atoms with Crippen LogP contribution < -0.4 is 16.6 Å². The Hall–Kier alpha value is -3.30. The molecule has 5 rings (SSSR count). The first kappa shape index (κ1) is 21.5. The van der Waals surface area contributed by atoms with Crippen molar-refractivity contribution >= 4 is 49.7 Å². The van der Waals surface area contributed by atoms with Crippen LogP contribution in [0.1, 0.15) is 54.4 Å². The average Bonchev–Trinajstić information content (AvgIpc) is 3.34. The second kappa shape index (κ2) is 8.57. The Morgan fingerprint density at radius 3 is 2.67 bits per heavy atom. The number of nitrogens with two attached hydrogens (primary N) is 1. The molecule has 1 aromatic carbocycles. The van der Waals surface area contributed by atoms with Gasteiger partial charge in [0.25, 0.3) is 17.4 Å². The molecule has 0 saturated heterocycles. The van der Waals surface area contributed by atoms with E-state index in [2.05, 4.69) is 10.3 Å². The van der Waals surface area contributed by atoms with E-state index in [9.17, 15) is 14.4 Å². The summed E-state index contributed by atoms with van der Waals surface area (Å²) in [6.07, 6.45) is 5.28. The van der Waals surface area contributed by atoms with Crippen molar-refractivity contribution in [3.8, 4) is 0 Å². The number of nitrogens with one attached hydrogen (secondary N) is 1. The lowest BCUT2D eigenvalue weighted by Crippen LogP contribution is -2.21. The SMILES string of the molecule is Cc1c(C(=O)Nc2sc3c(c2C(N)=O)CCCC3)sc2ncn(Cc3ccccc3)c(=O)c12. The number of hydrogen-bond acceptors (Lipinski definition) is 6. The predicted octanol–water partition coefficient (Wildman–Crippen LogP) is 4.11. The number of hydrogen-bond donors (Lipinski definition) is 2. The molecule has 0 spiro atoms. The van der Waals surface area contributed by atoms with Gasteiger partial charge in [0.2, 0.25) is 0 Å². The minimum atomic E-state index is -0.525. The third-order valence-electron chi connectivity index (χ3n) is 5.96. The first-order valence-corrected chi connectivity index (χ1v) is 12.4. The summed E-state index contributed by atoms with van der Waals surface area (Å²) in [5.41, 5.74) is 8.45. The van der Waals surface area contributed by atoms with Crippen molar-refractivity contribution in [2.45, 2.75) is 39.2 Å². The molecule has 3 heterocycles. The molecule has 33 heavy (non-hydrogen) atoms. The molecule has 9 heteroatoms. The van der Waals surface area contributed by atoms with Crippen LogP contribution in [0.25, 0.3) is 10.2 Å². The molecule has 4 aromatic rings. The van der Waals surface area contributed by atoms with Crippen LogP contribution in [0.3, 0.4) is 0 Å². The van der Waals surface area contributed by atoms with Crippen LogP contribution in [-0.2, 0) is 19.4 Å². The van der Waals surface area contributed by atoms with Crippen LogP contribution in [0.4, 0.5) is 5.00 Å². The van der Waals surface area contributed by atoms with Gasteiger partial charge in [-0.25, -0.2) is 4.98 Å². The summed E-state index contributed by atoms with van der Waals surface area (Å²) in [5.74, 6) is -0.881. The van der Waals surface area contributed by atoms with Gasteiger partial charge < -0.3 is 11.1 Å². The van der Waals surface area contributed by atoms with E-state index in [1.54, 1.807) is 11.5 Å². The number of aromatic nitrogens is 2. The van der Waals surface area contributed by atoms with E-state index in [1.165, 1.54) is 29.0 Å². The molecular formula is C24H22N4O3S2. The highest BCUT2D eigenvalue weighted by atomic mass is 32.1. The molecule has 1 aliphatic carbocycles. The lowest BCUT2D eigenvalue weighted by atomic mass is 9.95. The zero-order chi connectivity index (χ0) is 23.1. The van der Waals surface area contributed by atoms with Crippen molar-refractivity contribution in [3.63, 3.8) is 0 Å². The van der Waals surface area contributed by atoms with E-state index in [0.29, 0.717) is 37.8 Å². The van der Waals surface area contributed by atoms with Gasteiger partial charge in [-0.3, -0.25) is 19.0 Å². The van der Waals surface area contributed by atoms with Gasteiger partial charge in [-0.2, -0.15) is 0 Å². The summed E-state index contributed by atoms with van der Waals surface area (Å²) >= 11 is 2.60. The fraction of sp³-hybridized carbons (Fsp3) is 0.250. The molecule has 0 radical (unpaired) electrons. The lowest BCUT2D eigenvalue weighted by Gasteiger charge is -2.11. The fourth-order valence-corrected chi connectivity index (χ4v) is 6.67. The average molecular weight is 479 g/mol. The molecule has 0 bridgehead atoms. The lowest BCUT2D eigenvalue weighted by molar-refractivity contribution is 0.100. The first-order chi connectivity index (χ1) is 15.9. The minimum absolute atomic E-state index is 0.180. The van der Waals surface area contributed by atoms with Gasteiger partial charge >= 0.3 is 0 Å². The molecule has 0 saturated carbocycles. The maximum absolute atomic E-state index is 13.2. The van der Waals surface area contributed by atoms with Crippen molar-refractivity contribution in [2.75, 3.05) is 5.32 Å². The summed E-state index contributed by atoms with van der Waals surface area (Å²) < 4.78 is 1.55. The van der Waals surface area contributed by atoms with Gasteiger partial charge in [0.05, 0.1) is 28.7 Å². The van der Waals surface area contributed by atoms with E-state index in [0.717, 1.165) is 41.7 Å². The topological polar surface area (TPSA) is 107 Å². The zero-order valence-corrected chi connectivity index (χ0v) is 19.6. The molecule has 0 fully saturated rings. The number of amides is 2. The van der Waals surface area contributed by atoms with E-state index in [4.69, 9.17) is 5.73 Å². The summed E-state index contributed by atoms with van der Waals surface area (Å²) in [7, 11) is 0. The van der Waals surface area contributed by atoms with Crippen molar-refractivity contribution in [2.24, 2.45) is 5.73 Å². The van der Waals surface area contributed by atoms with Gasteiger partial charge in [0, 0.05) is 4.88 Å². The van der Waals surface area contributed by atoms with Crippen LogP contribution >= 0.6 is 22.7 Å². The van der Waals surface area contributed by atoms with Gasteiger partial charge in [-0.1, -0.05) is 30.3 Å². The summed E-state index contributed by atoms with van der Waals surface area (Å²) in [6, 6.07) is 9.68. The van der Waals surface area contributed by atoms with E-state index in [-0.39, 0.29) is 11.5 Å². The van der Waals surface area contributed by atoms with E-state index < -0.39 is 5.91 Å². The molecule has 7 nitrogen and oxygen atoms in total. The van der Waals surface area contributed by atoms with E-state index >= 15 is 0 Å². The number of primary amides is 1. The zero-order valence-electron chi connectivity index (χ0n) is 18.0. The number of anilines is 1. The third kappa shape index (κ3) is 3.87. The number of rotatable bonds is 5. The van der Waals surface area contributed by atoms with Crippen molar-refractivity contribution < 1.29 is 9.59 Å². The number of nitrogens with zero attached hydrogens (tertiary/aromatic N) is 2. The Bertz CT molecular complexity index is 1450. The summed E-state index contributed by atoms with van der Waals surface area (Å²) in [5, 5.41) is 3.83. The van der Waals surface area contributed by atoms with Crippen molar-refractivity contribution in [1.29, 1.82) is 0 Å². The maximum Gasteiger partial charge on any atom is 0.266 e. The normalized spacial score (nSPS) is 13.1. The Morgan fingerprint density at radius 2 is 1.91 bits per heavy atom. The Balaban J connectivity index is 1.49. The van der Waals surface area contributed by atoms with Gasteiger partial charge in [0.15, 0.2) is 0 Å². The molecule has 2 amide bonds. The highest BCUT2D eigenvalue weighted by Gasteiger charge is 2.27. The Kier molecular flexibility index (Phi) is 5.59. The highest BCUT2D eigenvalue weighted by Crippen LogP contribution is 2.38. The van der Waals surface area contributed by atoms with Gasteiger partial charge in [0.1, 0.15) is 9.83 Å². The molecule has 0 aliphatic heterocycles. The molecule has 3 aromatic heterocycles. The summed E-state index contributed by atoms with van der Waals surface area (Å²) in [4.78, 5) is 45.0. The van der Waals surface area contributed by atoms with Crippen molar-refractivity contribution in [1.82, 2.24) is 9.55 Å². The predicted molar refractivity (Wildman–Crippen MR) is 132 cm³/mol. The Morgan fingerprint density at radius 1 is 1.15 bits per heavy atom. The maximum atomic E-state index is 13.2. The van der Waals surface area contributed by atoms with Crippen LogP contribution in [0, 0.1) is 6.92 Å². The third-order valence-corrected chi connectivity index (χ3v) is 8.37. The minimum Gasteiger partial charge on any atom is -0.365 e. The fourth-order valence-electron chi connectivity index (χ4n) is 4.34.